The zero-order valence-electron chi connectivity index (χ0n) is 16.0. The average molecular weight is 388 g/mol. The molecule has 6 nitrogen and oxygen atoms in total. The number of benzene rings is 2. The Kier molecular flexibility index (Phi) is 8.42. The van der Waals surface area contributed by atoms with Crippen LogP contribution < -0.4 is 0 Å². The predicted octanol–water partition coefficient (Wildman–Crippen LogP) is 2.19. The second kappa shape index (κ2) is 11.3. The first-order chi connectivity index (χ1) is 13.8. The summed E-state index contributed by atoms with van der Waals surface area (Å²) in [5.41, 5.74) is 4.12. The summed E-state index contributed by atoms with van der Waals surface area (Å²) in [5, 5.41) is 17.3. The lowest BCUT2D eigenvalue weighted by molar-refractivity contribution is 0.102. The maximum atomic E-state index is 8.64. The highest BCUT2D eigenvalue weighted by molar-refractivity contribution is 5.22. The smallest absolute Gasteiger partial charge is 0.104 e. The minimum absolute atomic E-state index is 0.0612. The van der Waals surface area contributed by atoms with E-state index in [-0.39, 0.29) is 13.2 Å². The number of hydrogen-bond donors (Lipinski definition) is 2. The zero-order valence-corrected chi connectivity index (χ0v) is 16.0. The van der Waals surface area contributed by atoms with E-state index in [9.17, 15) is 0 Å². The quantitative estimate of drug-likeness (QED) is 0.607. The molecule has 6 heteroatoms. The molecule has 2 aromatic carbocycles. The van der Waals surface area contributed by atoms with Crippen molar-refractivity contribution in [1.82, 2.24) is 0 Å². The molecule has 0 spiro atoms. The van der Waals surface area contributed by atoms with E-state index < -0.39 is 0 Å². The molecular weight excluding hydrogens is 360 g/mol. The summed E-state index contributed by atoms with van der Waals surface area (Å²) in [5.74, 6) is 0. The van der Waals surface area contributed by atoms with Gasteiger partial charge in [-0.05, 0) is 22.3 Å². The van der Waals surface area contributed by atoms with Crippen LogP contribution in [0.25, 0.3) is 0 Å². The van der Waals surface area contributed by atoms with Crippen molar-refractivity contribution in [3.63, 3.8) is 0 Å². The third-order valence-electron chi connectivity index (χ3n) is 4.36. The number of rotatable bonds is 10. The van der Waals surface area contributed by atoms with Crippen LogP contribution in [0.4, 0.5) is 0 Å². The van der Waals surface area contributed by atoms with Crippen molar-refractivity contribution in [2.24, 2.45) is 0 Å². The second-order valence-electron chi connectivity index (χ2n) is 6.89. The van der Waals surface area contributed by atoms with Gasteiger partial charge in [-0.2, -0.15) is 0 Å². The zero-order chi connectivity index (χ0) is 19.6. The molecule has 0 aromatic heterocycles. The molecule has 0 aliphatic carbocycles. The molecule has 0 radical (unpaired) electrons. The molecule has 2 N–H and O–H groups in total. The van der Waals surface area contributed by atoms with Gasteiger partial charge < -0.3 is 29.2 Å². The van der Waals surface area contributed by atoms with Crippen molar-refractivity contribution < 1.29 is 29.2 Å². The van der Waals surface area contributed by atoms with E-state index in [1.165, 1.54) is 11.1 Å². The highest BCUT2D eigenvalue weighted by Crippen LogP contribution is 2.13. The third-order valence-corrected chi connectivity index (χ3v) is 4.36. The van der Waals surface area contributed by atoms with Gasteiger partial charge >= 0.3 is 0 Å². The van der Waals surface area contributed by atoms with Gasteiger partial charge in [0.2, 0.25) is 0 Å². The maximum Gasteiger partial charge on any atom is 0.104 e. The fourth-order valence-corrected chi connectivity index (χ4v) is 2.43. The summed E-state index contributed by atoms with van der Waals surface area (Å²) in [6, 6.07) is 15.5. The van der Waals surface area contributed by atoms with Gasteiger partial charge in [0.25, 0.3) is 0 Å². The van der Waals surface area contributed by atoms with E-state index in [1.54, 1.807) is 24.3 Å². The Morgan fingerprint density at radius 2 is 0.964 bits per heavy atom. The Morgan fingerprint density at radius 3 is 1.25 bits per heavy atom. The molecule has 28 heavy (non-hydrogen) atoms. The van der Waals surface area contributed by atoms with Crippen molar-refractivity contribution >= 4 is 0 Å². The number of epoxide rings is 2. The van der Waals surface area contributed by atoms with Crippen LogP contribution in [0, 0.1) is 0 Å². The first-order valence-electron chi connectivity index (χ1n) is 9.53. The largest absolute Gasteiger partial charge is 0.392 e. The van der Waals surface area contributed by atoms with Gasteiger partial charge in [0, 0.05) is 0 Å². The van der Waals surface area contributed by atoms with Crippen molar-refractivity contribution in [2.75, 3.05) is 26.4 Å². The highest BCUT2D eigenvalue weighted by atomic mass is 16.6. The summed E-state index contributed by atoms with van der Waals surface area (Å²) < 4.78 is 21.2. The fraction of sp³-hybridized carbons (Fsp3) is 0.455. The van der Waals surface area contributed by atoms with Gasteiger partial charge in [0.05, 0.1) is 52.9 Å². The SMILES string of the molecule is OCc1ccc(CO)cc1.c1cc(COCC2CO2)ccc1COCC1CO1. The summed E-state index contributed by atoms with van der Waals surface area (Å²) in [4.78, 5) is 0. The lowest BCUT2D eigenvalue weighted by Crippen LogP contribution is -2.02. The van der Waals surface area contributed by atoms with Gasteiger partial charge in [-0.3, -0.25) is 0 Å². The van der Waals surface area contributed by atoms with Gasteiger partial charge in [-0.1, -0.05) is 48.5 Å². The average Bonchev–Trinajstić information content (AvgIpc) is 3.65. The van der Waals surface area contributed by atoms with E-state index in [0.717, 1.165) is 24.3 Å². The number of ether oxygens (including phenoxy) is 4. The molecule has 2 aliphatic heterocycles. The maximum absolute atomic E-state index is 8.64. The van der Waals surface area contributed by atoms with Crippen molar-refractivity contribution in [2.45, 2.75) is 38.6 Å². The minimum atomic E-state index is 0.0612. The van der Waals surface area contributed by atoms with Crippen LogP contribution in [0.1, 0.15) is 22.3 Å². The molecule has 0 saturated carbocycles. The Balaban J connectivity index is 0.000000192. The lowest BCUT2D eigenvalue weighted by Gasteiger charge is -2.05. The van der Waals surface area contributed by atoms with Crippen molar-refractivity contribution in [3.05, 3.63) is 70.8 Å². The Labute approximate surface area is 165 Å². The molecule has 2 aliphatic rings. The molecule has 2 unspecified atom stereocenters. The molecular formula is C22H28O6. The van der Waals surface area contributed by atoms with E-state index in [0.29, 0.717) is 38.6 Å². The van der Waals surface area contributed by atoms with Crippen molar-refractivity contribution in [1.29, 1.82) is 0 Å². The van der Waals surface area contributed by atoms with Crippen LogP contribution in [0.3, 0.4) is 0 Å². The molecule has 2 fully saturated rings. The molecule has 2 atom stereocenters. The molecule has 0 bridgehead atoms. The predicted molar refractivity (Wildman–Crippen MR) is 104 cm³/mol. The monoisotopic (exact) mass is 388 g/mol. The summed E-state index contributed by atoms with van der Waals surface area (Å²) >= 11 is 0. The lowest BCUT2D eigenvalue weighted by atomic mass is 10.1. The van der Waals surface area contributed by atoms with Gasteiger partial charge in [-0.15, -0.1) is 0 Å². The van der Waals surface area contributed by atoms with Crippen molar-refractivity contribution in [3.8, 4) is 0 Å². The number of aliphatic hydroxyl groups excluding tert-OH is 2. The number of aliphatic hydroxyl groups is 2. The first-order valence-corrected chi connectivity index (χ1v) is 9.53. The molecule has 2 saturated heterocycles. The molecule has 2 heterocycles. The Bertz CT molecular complexity index is 617. The highest BCUT2D eigenvalue weighted by Gasteiger charge is 2.22. The summed E-state index contributed by atoms with van der Waals surface area (Å²) in [7, 11) is 0. The van der Waals surface area contributed by atoms with Gasteiger partial charge in [0.15, 0.2) is 0 Å². The van der Waals surface area contributed by atoms with Crippen LogP contribution >= 0.6 is 0 Å². The van der Waals surface area contributed by atoms with Crippen LogP contribution in [0.15, 0.2) is 48.5 Å². The van der Waals surface area contributed by atoms with Gasteiger partial charge in [-0.25, -0.2) is 0 Å². The standard InChI is InChI=1S/C14H18O4.C8H10O2/c1-2-12(6-16-8-14-10-18-14)4-3-11(1)5-15-7-13-9-17-13;9-5-7-1-2-8(6-10)4-3-7/h1-4,13-14H,5-10H2;1-4,9-10H,5-6H2. The van der Waals surface area contributed by atoms with Crippen LogP contribution in [-0.2, 0) is 45.4 Å². The summed E-state index contributed by atoms with van der Waals surface area (Å²) in [6.07, 6.45) is 0.671. The van der Waals surface area contributed by atoms with E-state index in [2.05, 4.69) is 24.3 Å². The molecule has 4 rings (SSSR count). The van der Waals surface area contributed by atoms with Crippen LogP contribution in [0.5, 0.6) is 0 Å². The minimum Gasteiger partial charge on any atom is -0.392 e. The Hall–Kier alpha value is -1.80. The van der Waals surface area contributed by atoms with Crippen LogP contribution in [0.2, 0.25) is 0 Å². The fourth-order valence-electron chi connectivity index (χ4n) is 2.43. The van der Waals surface area contributed by atoms with E-state index in [1.807, 2.05) is 0 Å². The molecule has 2 aromatic rings. The summed E-state index contributed by atoms with van der Waals surface area (Å²) in [6.45, 7) is 4.52. The molecule has 0 amide bonds. The Morgan fingerprint density at radius 1 is 0.643 bits per heavy atom. The normalized spacial score (nSPS) is 19.6. The molecule has 152 valence electrons. The third kappa shape index (κ3) is 8.06. The topological polar surface area (TPSA) is 84.0 Å². The van der Waals surface area contributed by atoms with Gasteiger partial charge in [0.1, 0.15) is 12.2 Å². The van der Waals surface area contributed by atoms with Crippen LogP contribution in [-0.4, -0.2) is 48.8 Å². The number of hydrogen-bond acceptors (Lipinski definition) is 6. The second-order valence-corrected chi connectivity index (χ2v) is 6.89. The van der Waals surface area contributed by atoms with E-state index in [4.69, 9.17) is 29.2 Å². The first kappa shape index (κ1) is 20.9. The van der Waals surface area contributed by atoms with E-state index >= 15 is 0 Å².